The minimum absolute atomic E-state index is 0.0959. The molecule has 0 spiro atoms. The van der Waals surface area contributed by atoms with Crippen LogP contribution >= 0.6 is 11.8 Å². The molecule has 3 unspecified atom stereocenters. The topological polar surface area (TPSA) is 15.3 Å². The maximum Gasteiger partial charge on any atom is 0.0535 e. The molecule has 2 nitrogen and oxygen atoms in total. The van der Waals surface area contributed by atoms with Crippen LogP contribution in [0.15, 0.2) is 30.3 Å². The van der Waals surface area contributed by atoms with Crippen molar-refractivity contribution < 1.29 is 0 Å². The van der Waals surface area contributed by atoms with Crippen LogP contribution in [-0.2, 0) is 5.54 Å². The highest BCUT2D eigenvalue weighted by Crippen LogP contribution is 2.30. The van der Waals surface area contributed by atoms with Gasteiger partial charge in [-0.3, -0.25) is 4.90 Å². The lowest BCUT2D eigenvalue weighted by Gasteiger charge is -2.47. The first-order chi connectivity index (χ1) is 10.2. The van der Waals surface area contributed by atoms with Crippen molar-refractivity contribution in [1.82, 2.24) is 10.2 Å². The van der Waals surface area contributed by atoms with Crippen molar-refractivity contribution in [1.29, 1.82) is 0 Å². The molecule has 3 heteroatoms. The van der Waals surface area contributed by atoms with Gasteiger partial charge in [0.2, 0.25) is 0 Å². The zero-order chi connectivity index (χ0) is 14.7. The molecule has 0 aromatic heterocycles. The van der Waals surface area contributed by atoms with Gasteiger partial charge >= 0.3 is 0 Å². The highest BCUT2D eigenvalue weighted by molar-refractivity contribution is 7.99. The van der Waals surface area contributed by atoms with Crippen molar-refractivity contribution >= 4 is 11.8 Å². The van der Waals surface area contributed by atoms with Gasteiger partial charge in [0.25, 0.3) is 0 Å². The predicted molar refractivity (Wildman–Crippen MR) is 92.9 cm³/mol. The summed E-state index contributed by atoms with van der Waals surface area (Å²) in [6.45, 7) is 8.23. The Balaban J connectivity index is 1.73. The van der Waals surface area contributed by atoms with Crippen LogP contribution in [0.5, 0.6) is 0 Å². The molecule has 3 rings (SSSR count). The number of hydrogen-bond acceptors (Lipinski definition) is 3. The van der Waals surface area contributed by atoms with Gasteiger partial charge < -0.3 is 5.32 Å². The quantitative estimate of drug-likeness (QED) is 0.918. The van der Waals surface area contributed by atoms with Crippen molar-refractivity contribution in [3.8, 4) is 0 Å². The summed E-state index contributed by atoms with van der Waals surface area (Å²) in [5.74, 6) is 3.63. The molecule has 1 N–H and O–H groups in total. The zero-order valence-electron chi connectivity index (χ0n) is 13.3. The van der Waals surface area contributed by atoms with E-state index in [0.29, 0.717) is 6.04 Å². The Hall–Kier alpha value is -0.510. The number of nitrogens with one attached hydrogen (secondary N) is 1. The number of thioether (sulfide) groups is 1. The Labute approximate surface area is 133 Å². The van der Waals surface area contributed by atoms with Gasteiger partial charge in [-0.05, 0) is 42.8 Å². The lowest BCUT2D eigenvalue weighted by atomic mass is 9.87. The second kappa shape index (κ2) is 6.72. The molecule has 2 saturated heterocycles. The van der Waals surface area contributed by atoms with E-state index in [9.17, 15) is 0 Å². The monoisotopic (exact) mass is 304 g/mol. The summed E-state index contributed by atoms with van der Waals surface area (Å²) in [5, 5.41) is 3.82. The van der Waals surface area contributed by atoms with Crippen molar-refractivity contribution in [3.63, 3.8) is 0 Å². The SMILES string of the molecule is CCC1CNC(C)(c2ccccc2)CN1CC1CCSC1. The van der Waals surface area contributed by atoms with E-state index in [4.69, 9.17) is 0 Å². The molecule has 1 aromatic rings. The number of nitrogens with zero attached hydrogens (tertiary/aromatic N) is 1. The first-order valence-corrected chi connectivity index (χ1v) is 9.49. The average Bonchev–Trinajstić information content (AvgIpc) is 3.01. The van der Waals surface area contributed by atoms with E-state index in [2.05, 4.69) is 66.2 Å². The first-order valence-electron chi connectivity index (χ1n) is 8.33. The first kappa shape index (κ1) is 15.4. The van der Waals surface area contributed by atoms with E-state index in [1.165, 1.54) is 36.5 Å². The van der Waals surface area contributed by atoms with E-state index < -0.39 is 0 Å². The van der Waals surface area contributed by atoms with E-state index in [-0.39, 0.29) is 5.54 Å². The number of hydrogen-bond donors (Lipinski definition) is 1. The maximum atomic E-state index is 3.82. The van der Waals surface area contributed by atoms with Crippen molar-refractivity contribution in [2.45, 2.75) is 38.3 Å². The smallest absolute Gasteiger partial charge is 0.0535 e. The lowest BCUT2D eigenvalue weighted by Crippen LogP contribution is -2.61. The summed E-state index contributed by atoms with van der Waals surface area (Å²) >= 11 is 2.13. The van der Waals surface area contributed by atoms with Crippen LogP contribution in [0.4, 0.5) is 0 Å². The van der Waals surface area contributed by atoms with E-state index >= 15 is 0 Å². The van der Waals surface area contributed by atoms with Crippen LogP contribution < -0.4 is 5.32 Å². The summed E-state index contributed by atoms with van der Waals surface area (Å²) in [4.78, 5) is 2.76. The Morgan fingerprint density at radius 3 is 2.81 bits per heavy atom. The van der Waals surface area contributed by atoms with Gasteiger partial charge in [0.15, 0.2) is 0 Å². The molecule has 0 bridgehead atoms. The molecule has 1 aromatic carbocycles. The van der Waals surface area contributed by atoms with Gasteiger partial charge in [0.1, 0.15) is 0 Å². The third-order valence-corrected chi connectivity index (χ3v) is 6.39. The van der Waals surface area contributed by atoms with Crippen LogP contribution in [0.2, 0.25) is 0 Å². The molecular weight excluding hydrogens is 276 g/mol. The minimum Gasteiger partial charge on any atom is -0.305 e. The summed E-state index contributed by atoms with van der Waals surface area (Å²) in [6, 6.07) is 11.7. The predicted octanol–water partition coefficient (Wildman–Crippen LogP) is 3.34. The van der Waals surface area contributed by atoms with Crippen LogP contribution in [0.1, 0.15) is 32.3 Å². The Morgan fingerprint density at radius 1 is 1.33 bits per heavy atom. The van der Waals surface area contributed by atoms with Crippen LogP contribution in [0.25, 0.3) is 0 Å². The Morgan fingerprint density at radius 2 is 2.14 bits per heavy atom. The highest BCUT2D eigenvalue weighted by atomic mass is 32.2. The van der Waals surface area contributed by atoms with Gasteiger partial charge in [-0.15, -0.1) is 0 Å². The lowest BCUT2D eigenvalue weighted by molar-refractivity contribution is 0.0713. The van der Waals surface area contributed by atoms with Crippen LogP contribution in [0, 0.1) is 5.92 Å². The third kappa shape index (κ3) is 3.46. The molecule has 2 aliphatic rings. The highest BCUT2D eigenvalue weighted by Gasteiger charge is 2.37. The van der Waals surface area contributed by atoms with Crippen LogP contribution in [-0.4, -0.2) is 42.1 Å². The van der Waals surface area contributed by atoms with Crippen LogP contribution in [0.3, 0.4) is 0 Å². The van der Waals surface area contributed by atoms with E-state index in [0.717, 1.165) is 19.0 Å². The normalized spacial score (nSPS) is 34.2. The van der Waals surface area contributed by atoms with Gasteiger partial charge in [-0.2, -0.15) is 11.8 Å². The molecule has 0 saturated carbocycles. The van der Waals surface area contributed by atoms with Gasteiger partial charge in [0.05, 0.1) is 5.54 Å². The molecule has 3 atom stereocenters. The standard InChI is InChI=1S/C18H28N2S/c1-3-17-11-19-18(2,16-7-5-4-6-8-16)14-20(17)12-15-9-10-21-13-15/h4-8,15,17,19H,3,9-14H2,1-2H3. The summed E-state index contributed by atoms with van der Waals surface area (Å²) in [6.07, 6.45) is 2.66. The van der Waals surface area contributed by atoms with Gasteiger partial charge in [-0.1, -0.05) is 37.3 Å². The molecular formula is C18H28N2S. The van der Waals surface area contributed by atoms with Crippen molar-refractivity contribution in [2.24, 2.45) is 5.92 Å². The van der Waals surface area contributed by atoms with Gasteiger partial charge in [-0.25, -0.2) is 0 Å². The van der Waals surface area contributed by atoms with E-state index in [1.807, 2.05) is 0 Å². The summed E-state index contributed by atoms with van der Waals surface area (Å²) < 4.78 is 0. The molecule has 2 heterocycles. The molecule has 116 valence electrons. The Bertz CT molecular complexity index is 444. The van der Waals surface area contributed by atoms with Gasteiger partial charge in [0, 0.05) is 25.7 Å². The van der Waals surface area contributed by atoms with Crippen molar-refractivity contribution in [3.05, 3.63) is 35.9 Å². The number of benzene rings is 1. The Kier molecular flexibility index (Phi) is 4.92. The fourth-order valence-corrected chi connectivity index (χ4v) is 5.01. The minimum atomic E-state index is 0.0959. The number of rotatable bonds is 4. The molecule has 0 amide bonds. The number of piperazine rings is 1. The fourth-order valence-electron chi connectivity index (χ4n) is 3.74. The molecule has 2 fully saturated rings. The van der Waals surface area contributed by atoms with Crippen molar-refractivity contribution in [2.75, 3.05) is 31.1 Å². The molecule has 0 aliphatic carbocycles. The third-order valence-electron chi connectivity index (χ3n) is 5.16. The second-order valence-corrected chi connectivity index (χ2v) is 7.95. The van der Waals surface area contributed by atoms with E-state index in [1.54, 1.807) is 0 Å². The molecule has 0 radical (unpaired) electrons. The zero-order valence-corrected chi connectivity index (χ0v) is 14.2. The molecule has 21 heavy (non-hydrogen) atoms. The maximum absolute atomic E-state index is 3.82. The second-order valence-electron chi connectivity index (χ2n) is 6.80. The fraction of sp³-hybridized carbons (Fsp3) is 0.667. The molecule has 2 aliphatic heterocycles. The largest absolute Gasteiger partial charge is 0.305 e. The summed E-state index contributed by atoms with van der Waals surface area (Å²) in [5.41, 5.74) is 1.52. The average molecular weight is 305 g/mol. The summed E-state index contributed by atoms with van der Waals surface area (Å²) in [7, 11) is 0.